The Morgan fingerprint density at radius 2 is 1.22 bits per heavy atom. The molecule has 2 aliphatic heterocycles. The van der Waals surface area contributed by atoms with Crippen LogP contribution in [0.2, 0.25) is 0 Å². The Kier molecular flexibility index (Phi) is 8.34. The third kappa shape index (κ3) is 6.16. The Labute approximate surface area is 285 Å². The Bertz CT molecular complexity index is 2130. The van der Waals surface area contributed by atoms with Crippen molar-refractivity contribution in [2.75, 3.05) is 0 Å². The van der Waals surface area contributed by atoms with E-state index >= 15 is 0 Å². The topological polar surface area (TPSA) is 75.8 Å². The molecule has 0 aliphatic carbocycles. The molecule has 0 radical (unpaired) electrons. The van der Waals surface area contributed by atoms with Gasteiger partial charge < -0.3 is 19.4 Å². The summed E-state index contributed by atoms with van der Waals surface area (Å²) in [6.45, 7) is 8.14. The Balaban J connectivity index is 1.48. The second-order valence-corrected chi connectivity index (χ2v) is 13.7. The van der Waals surface area contributed by atoms with Crippen molar-refractivity contribution in [1.82, 2.24) is 19.9 Å². The summed E-state index contributed by atoms with van der Waals surface area (Å²) in [6, 6.07) is 25.0. The lowest BCUT2D eigenvalue weighted by atomic mass is 10.0. The first kappa shape index (κ1) is 30.5. The van der Waals surface area contributed by atoms with Gasteiger partial charge in [0.1, 0.15) is 11.5 Å². The zero-order valence-electron chi connectivity index (χ0n) is 26.1. The van der Waals surface area contributed by atoms with Crippen LogP contribution in [0.5, 0.6) is 11.5 Å². The highest BCUT2D eigenvalue weighted by atomic mass is 79.9. The maximum absolute atomic E-state index is 5.92. The summed E-state index contributed by atoms with van der Waals surface area (Å²) in [7, 11) is 0. The van der Waals surface area contributed by atoms with E-state index in [1.165, 1.54) is 0 Å². The number of benzene rings is 2. The number of aromatic nitrogens is 4. The molecule has 0 unspecified atom stereocenters. The molecular weight excluding hydrogens is 704 g/mol. The third-order valence-corrected chi connectivity index (χ3v) is 9.43. The highest BCUT2D eigenvalue weighted by molar-refractivity contribution is 9.11. The number of ether oxygens (including phenoxy) is 2. The SMILES string of the molecule is CC(C)Oc1ccc(-c2c3nc(c(Br)c4nc(c(-c5ccc(OC(C)C)cc5)c5ccc(cc6[nH]c2cc6Br)[nH]5)CC4)C=C3)cc1. The van der Waals surface area contributed by atoms with Gasteiger partial charge in [-0.3, -0.25) is 4.98 Å². The molecule has 46 heavy (non-hydrogen) atoms. The molecule has 0 fully saturated rings. The molecule has 5 aromatic rings. The zero-order chi connectivity index (χ0) is 31.9. The third-order valence-electron chi connectivity index (χ3n) is 7.91. The summed E-state index contributed by atoms with van der Waals surface area (Å²) in [4.78, 5) is 17.7. The normalized spacial score (nSPS) is 12.7. The summed E-state index contributed by atoms with van der Waals surface area (Å²) in [5, 5.41) is 0. The molecule has 232 valence electrons. The zero-order valence-corrected chi connectivity index (χ0v) is 29.3. The highest BCUT2D eigenvalue weighted by Gasteiger charge is 2.19. The van der Waals surface area contributed by atoms with E-state index in [1.807, 2.05) is 52.0 Å². The van der Waals surface area contributed by atoms with E-state index in [-0.39, 0.29) is 12.2 Å². The van der Waals surface area contributed by atoms with Crippen molar-refractivity contribution in [1.29, 1.82) is 0 Å². The molecule has 2 aliphatic rings. The number of nitrogens with one attached hydrogen (secondary N) is 2. The largest absolute Gasteiger partial charge is 0.491 e. The Morgan fingerprint density at radius 1 is 0.609 bits per heavy atom. The van der Waals surface area contributed by atoms with Gasteiger partial charge in [-0.25, -0.2) is 4.98 Å². The van der Waals surface area contributed by atoms with Crippen LogP contribution in [0, 0.1) is 0 Å². The number of rotatable bonds is 6. The van der Waals surface area contributed by atoms with Crippen LogP contribution >= 0.6 is 31.9 Å². The van der Waals surface area contributed by atoms with Crippen molar-refractivity contribution in [3.63, 3.8) is 0 Å². The number of hydrogen-bond acceptors (Lipinski definition) is 4. The quantitative estimate of drug-likeness (QED) is 0.178. The highest BCUT2D eigenvalue weighted by Crippen LogP contribution is 2.36. The van der Waals surface area contributed by atoms with Crippen LogP contribution in [0.3, 0.4) is 0 Å². The van der Waals surface area contributed by atoms with Crippen LogP contribution in [0.25, 0.3) is 56.5 Å². The van der Waals surface area contributed by atoms with Crippen LogP contribution in [-0.4, -0.2) is 32.1 Å². The van der Waals surface area contributed by atoms with Gasteiger partial charge in [-0.1, -0.05) is 24.3 Å². The van der Waals surface area contributed by atoms with Crippen molar-refractivity contribution in [3.8, 4) is 33.8 Å². The maximum Gasteiger partial charge on any atom is 0.119 e. The lowest BCUT2D eigenvalue weighted by molar-refractivity contribution is 0.242. The van der Waals surface area contributed by atoms with E-state index in [1.54, 1.807) is 0 Å². The number of aromatic amines is 2. The Hall–Kier alpha value is -4.14. The lowest BCUT2D eigenvalue weighted by Gasteiger charge is -2.11. The molecule has 6 nitrogen and oxygen atoms in total. The van der Waals surface area contributed by atoms with E-state index in [9.17, 15) is 0 Å². The second-order valence-electron chi connectivity index (χ2n) is 12.1. The van der Waals surface area contributed by atoms with Gasteiger partial charge >= 0.3 is 0 Å². The molecule has 2 aromatic carbocycles. The predicted octanol–water partition coefficient (Wildman–Crippen LogP) is 10.7. The van der Waals surface area contributed by atoms with E-state index < -0.39 is 0 Å². The minimum Gasteiger partial charge on any atom is -0.491 e. The van der Waals surface area contributed by atoms with Gasteiger partial charge in [-0.2, -0.15) is 0 Å². The molecule has 5 heterocycles. The number of nitrogens with zero attached hydrogens (tertiary/aromatic N) is 2. The number of halogens is 2. The lowest BCUT2D eigenvalue weighted by Crippen LogP contribution is -2.05. The number of hydrogen-bond donors (Lipinski definition) is 2. The fraction of sp³-hybridized carbons (Fsp3) is 0.211. The molecule has 0 amide bonds. The number of aryl methyl sites for hydroxylation is 2. The van der Waals surface area contributed by atoms with E-state index in [4.69, 9.17) is 19.4 Å². The minimum absolute atomic E-state index is 0.106. The predicted molar refractivity (Wildman–Crippen MR) is 195 cm³/mol. The molecular formula is C38H34Br2N4O2. The van der Waals surface area contributed by atoms with Crippen molar-refractivity contribution >= 4 is 66.1 Å². The smallest absolute Gasteiger partial charge is 0.119 e. The van der Waals surface area contributed by atoms with Crippen LogP contribution in [-0.2, 0) is 12.8 Å². The van der Waals surface area contributed by atoms with E-state index in [0.29, 0.717) is 0 Å². The molecule has 0 saturated carbocycles. The first-order valence-electron chi connectivity index (χ1n) is 15.5. The molecule has 7 rings (SSSR count). The number of H-pyrrole nitrogens is 2. The second kappa shape index (κ2) is 12.6. The van der Waals surface area contributed by atoms with Crippen molar-refractivity contribution in [3.05, 3.63) is 105 Å². The molecule has 0 saturated heterocycles. The average Bonchev–Trinajstić information content (AvgIpc) is 3.84. The van der Waals surface area contributed by atoms with E-state index in [0.717, 1.165) is 100 Å². The van der Waals surface area contributed by atoms with Crippen LogP contribution in [0.15, 0.2) is 81.7 Å². The minimum atomic E-state index is 0.106. The van der Waals surface area contributed by atoms with Gasteiger partial charge in [0.05, 0.1) is 45.0 Å². The van der Waals surface area contributed by atoms with Crippen molar-refractivity contribution < 1.29 is 9.47 Å². The van der Waals surface area contributed by atoms with Gasteiger partial charge in [-0.15, -0.1) is 0 Å². The molecule has 0 spiro atoms. The number of fused-ring (bicyclic) bond motifs is 8. The summed E-state index contributed by atoms with van der Waals surface area (Å²) in [5.74, 6) is 1.69. The molecule has 0 atom stereocenters. The van der Waals surface area contributed by atoms with Crippen molar-refractivity contribution in [2.45, 2.75) is 52.7 Å². The van der Waals surface area contributed by atoms with Crippen LogP contribution in [0.4, 0.5) is 0 Å². The maximum atomic E-state index is 5.92. The fourth-order valence-corrected chi connectivity index (χ4v) is 6.92. The molecule has 2 N–H and O–H groups in total. The summed E-state index contributed by atoms with van der Waals surface area (Å²) < 4.78 is 13.7. The first-order chi connectivity index (χ1) is 22.2. The molecule has 8 bridgehead atoms. The van der Waals surface area contributed by atoms with Gasteiger partial charge in [0.15, 0.2) is 0 Å². The Morgan fingerprint density at radius 3 is 1.87 bits per heavy atom. The van der Waals surface area contributed by atoms with E-state index in [2.05, 4.69) is 103 Å². The van der Waals surface area contributed by atoms with Gasteiger partial charge in [0, 0.05) is 32.1 Å². The molecule has 3 aromatic heterocycles. The van der Waals surface area contributed by atoms with Gasteiger partial charge in [0.2, 0.25) is 0 Å². The average molecular weight is 739 g/mol. The summed E-state index contributed by atoms with van der Waals surface area (Å²) in [5.41, 5.74) is 11.9. The fourth-order valence-electron chi connectivity index (χ4n) is 5.97. The van der Waals surface area contributed by atoms with Gasteiger partial charge in [0.25, 0.3) is 0 Å². The molecule has 8 heteroatoms. The monoisotopic (exact) mass is 736 g/mol. The summed E-state index contributed by atoms with van der Waals surface area (Å²) >= 11 is 7.71. The van der Waals surface area contributed by atoms with Gasteiger partial charge in [-0.05, 0) is 144 Å². The standard InChI is InChI=1S/C38H34Br2N4O2/c1-21(2)45-26-10-5-23(6-11-26)36-29-14-9-25(41-29)19-34-28(39)20-35(44-34)37(24-7-12-27(13-8-24)46-22(3)4)31-16-18-33(43-31)38(40)32-17-15-30(36)42-32/h5-14,16,18-22,41,44H,15,17H2,1-4H3. The summed E-state index contributed by atoms with van der Waals surface area (Å²) in [6.07, 6.45) is 6.00. The first-order valence-corrected chi connectivity index (χ1v) is 17.1. The van der Waals surface area contributed by atoms with Crippen LogP contribution in [0.1, 0.15) is 50.5 Å². The van der Waals surface area contributed by atoms with Crippen molar-refractivity contribution in [2.24, 2.45) is 0 Å². The van der Waals surface area contributed by atoms with Crippen LogP contribution < -0.4 is 9.47 Å².